The number of hydrogen-bond acceptors (Lipinski definition) is 8. The van der Waals surface area contributed by atoms with E-state index in [1.807, 2.05) is 60.7 Å². The van der Waals surface area contributed by atoms with E-state index in [0.717, 1.165) is 14.9 Å². The molecule has 3 aromatic carbocycles. The Labute approximate surface area is 205 Å². The highest BCUT2D eigenvalue weighted by Gasteiger charge is 2.45. The van der Waals surface area contributed by atoms with Crippen molar-refractivity contribution in [1.82, 2.24) is 24.5 Å². The third-order valence-electron chi connectivity index (χ3n) is 5.17. The first kappa shape index (κ1) is 22.6. The Morgan fingerprint density at radius 1 is 0.882 bits per heavy atom. The zero-order valence-electron chi connectivity index (χ0n) is 17.8. The van der Waals surface area contributed by atoms with Gasteiger partial charge in [-0.1, -0.05) is 72.1 Å². The van der Waals surface area contributed by atoms with Crippen molar-refractivity contribution in [2.24, 2.45) is 0 Å². The van der Waals surface area contributed by atoms with Crippen LogP contribution in [0.1, 0.15) is 16.8 Å². The number of carbonyl (C=O) groups excluding carboxylic acids is 1. The van der Waals surface area contributed by atoms with Gasteiger partial charge in [0.25, 0.3) is 15.9 Å². The highest BCUT2D eigenvalue weighted by molar-refractivity contribution is 8.01. The maximum Gasteiger partial charge on any atom is 0.270 e. The molecule has 1 aromatic heterocycles. The number of thioether (sulfide) groups is 2. The van der Waals surface area contributed by atoms with E-state index in [1.165, 1.54) is 29.6 Å². The van der Waals surface area contributed by atoms with Crippen molar-refractivity contribution >= 4 is 39.5 Å². The van der Waals surface area contributed by atoms with Crippen LogP contribution in [0.2, 0.25) is 0 Å². The monoisotopic (exact) mass is 509 g/mol. The molecule has 0 N–H and O–H groups in total. The van der Waals surface area contributed by atoms with Crippen molar-refractivity contribution < 1.29 is 13.2 Å². The average molecular weight is 510 g/mol. The Hall–Kier alpha value is -3.15. The summed E-state index contributed by atoms with van der Waals surface area (Å²) in [5.74, 6) is 0.0102. The summed E-state index contributed by atoms with van der Waals surface area (Å²) < 4.78 is 29.3. The molecule has 11 heteroatoms. The highest BCUT2D eigenvalue weighted by atomic mass is 32.2. The molecule has 34 heavy (non-hydrogen) atoms. The molecule has 0 saturated carbocycles. The number of carbonyl (C=O) groups is 1. The van der Waals surface area contributed by atoms with Crippen LogP contribution >= 0.6 is 23.5 Å². The second kappa shape index (κ2) is 9.61. The first-order valence-corrected chi connectivity index (χ1v) is 13.7. The molecule has 1 aliphatic heterocycles. The molecule has 0 saturated heterocycles. The van der Waals surface area contributed by atoms with E-state index in [-0.39, 0.29) is 10.5 Å². The van der Waals surface area contributed by atoms with Gasteiger partial charge in [-0.3, -0.25) is 4.79 Å². The van der Waals surface area contributed by atoms with Crippen molar-refractivity contribution in [3.05, 3.63) is 90.5 Å². The topological polar surface area (TPSA) is 98.1 Å². The number of hydrogen-bond donors (Lipinski definition) is 0. The molecular formula is C23H19N5O3S3. The van der Waals surface area contributed by atoms with Gasteiger partial charge in [0.1, 0.15) is 4.90 Å². The summed E-state index contributed by atoms with van der Waals surface area (Å²) in [6.07, 6.45) is 0.408. The predicted molar refractivity (Wildman–Crippen MR) is 130 cm³/mol. The first-order chi connectivity index (χ1) is 16.6. The number of tetrazole rings is 1. The normalized spacial score (nSPS) is 15.3. The number of sulfonamides is 1. The van der Waals surface area contributed by atoms with Crippen molar-refractivity contribution in [3.8, 4) is 5.69 Å². The van der Waals surface area contributed by atoms with Crippen LogP contribution in [-0.2, 0) is 10.0 Å². The van der Waals surface area contributed by atoms with E-state index in [0.29, 0.717) is 17.3 Å². The summed E-state index contributed by atoms with van der Waals surface area (Å²) in [5.41, 5.74) is 1.04. The number of rotatable bonds is 8. The fourth-order valence-electron chi connectivity index (χ4n) is 3.62. The van der Waals surface area contributed by atoms with Gasteiger partial charge in [0, 0.05) is 10.6 Å². The summed E-state index contributed by atoms with van der Waals surface area (Å²) in [4.78, 5) is 14.1. The number of fused-ring (bicyclic) bond motifs is 1. The lowest BCUT2D eigenvalue weighted by Crippen LogP contribution is -2.38. The van der Waals surface area contributed by atoms with Gasteiger partial charge in [-0.15, -0.1) is 5.10 Å². The molecule has 1 atom stereocenters. The van der Waals surface area contributed by atoms with Crippen LogP contribution in [0.5, 0.6) is 0 Å². The molecule has 0 aliphatic carbocycles. The van der Waals surface area contributed by atoms with E-state index < -0.39 is 21.3 Å². The molecule has 1 aliphatic rings. The van der Waals surface area contributed by atoms with Crippen LogP contribution in [0.25, 0.3) is 5.69 Å². The molecule has 0 bridgehead atoms. The Morgan fingerprint density at radius 2 is 1.56 bits per heavy atom. The minimum Gasteiger partial charge on any atom is -0.268 e. The quantitative estimate of drug-likeness (QED) is 0.327. The van der Waals surface area contributed by atoms with Crippen LogP contribution in [-0.4, -0.2) is 50.0 Å². The van der Waals surface area contributed by atoms with Crippen LogP contribution < -0.4 is 0 Å². The first-order valence-electron chi connectivity index (χ1n) is 10.4. The number of amides is 1. The summed E-state index contributed by atoms with van der Waals surface area (Å²) in [5, 5.41) is 11.9. The summed E-state index contributed by atoms with van der Waals surface area (Å²) in [7, 11) is -3.94. The third kappa shape index (κ3) is 4.33. The molecule has 172 valence electrons. The van der Waals surface area contributed by atoms with Crippen LogP contribution in [0.15, 0.2) is 99.9 Å². The molecule has 8 nitrogen and oxygen atoms in total. The summed E-state index contributed by atoms with van der Waals surface area (Å²) >= 11 is 2.77. The van der Waals surface area contributed by atoms with E-state index in [2.05, 4.69) is 15.5 Å². The molecule has 2 heterocycles. The smallest absolute Gasteiger partial charge is 0.268 e. The zero-order valence-corrected chi connectivity index (χ0v) is 20.2. The third-order valence-corrected chi connectivity index (χ3v) is 9.37. The lowest BCUT2D eigenvalue weighted by atomic mass is 10.2. The molecule has 0 spiro atoms. The molecule has 0 fully saturated rings. The van der Waals surface area contributed by atoms with Gasteiger partial charge in [-0.2, -0.15) is 4.68 Å². The van der Waals surface area contributed by atoms with Gasteiger partial charge in [-0.25, -0.2) is 12.7 Å². The van der Waals surface area contributed by atoms with E-state index >= 15 is 0 Å². The number of nitrogens with zero attached hydrogens (tertiary/aromatic N) is 5. The van der Waals surface area contributed by atoms with Gasteiger partial charge in [0.2, 0.25) is 5.16 Å². The van der Waals surface area contributed by atoms with E-state index in [4.69, 9.17) is 0 Å². The Kier molecular flexibility index (Phi) is 6.40. The maximum absolute atomic E-state index is 13.3. The molecule has 0 radical (unpaired) electrons. The summed E-state index contributed by atoms with van der Waals surface area (Å²) in [6, 6.07) is 25.3. The van der Waals surface area contributed by atoms with Crippen molar-refractivity contribution in [1.29, 1.82) is 0 Å². The Bertz CT molecular complexity index is 1410. The highest BCUT2D eigenvalue weighted by Crippen LogP contribution is 2.39. The van der Waals surface area contributed by atoms with E-state index in [9.17, 15) is 13.2 Å². The van der Waals surface area contributed by atoms with Gasteiger partial charge in [-0.05, 0) is 53.2 Å². The van der Waals surface area contributed by atoms with Crippen molar-refractivity contribution in [2.75, 3.05) is 5.75 Å². The minimum absolute atomic E-state index is 0.0549. The molecule has 4 aromatic rings. The van der Waals surface area contributed by atoms with Crippen molar-refractivity contribution in [3.63, 3.8) is 0 Å². The lowest BCUT2D eigenvalue weighted by Gasteiger charge is -2.26. The van der Waals surface area contributed by atoms with Gasteiger partial charge >= 0.3 is 0 Å². The maximum atomic E-state index is 13.3. The van der Waals surface area contributed by atoms with Crippen molar-refractivity contribution in [2.45, 2.75) is 26.7 Å². The largest absolute Gasteiger partial charge is 0.270 e. The number of benzene rings is 3. The number of para-hydroxylation sites is 1. The molecule has 5 rings (SSSR count). The standard InChI is InChI=1S/C23H19N5O3S3/c29-22-19-13-7-8-14-20(19)34(30,31)28(22)21(33-18-11-5-2-6-12-18)15-16-32-23-24-25-26-27(23)17-9-3-1-4-10-17/h1-14,21H,15-16H2. The van der Waals surface area contributed by atoms with E-state index in [1.54, 1.807) is 22.9 Å². The lowest BCUT2D eigenvalue weighted by molar-refractivity contribution is 0.0861. The Morgan fingerprint density at radius 3 is 2.29 bits per heavy atom. The molecular weight excluding hydrogens is 490 g/mol. The SMILES string of the molecule is O=C1c2ccccc2S(=O)(=O)N1C(CCSc1nnnn1-c1ccccc1)Sc1ccccc1. The fraction of sp³-hybridized carbons (Fsp3) is 0.130. The van der Waals surface area contributed by atoms with Gasteiger partial charge in [0.15, 0.2) is 0 Å². The molecule has 1 unspecified atom stereocenters. The Balaban J connectivity index is 1.39. The van der Waals surface area contributed by atoms with Crippen LogP contribution in [0.4, 0.5) is 0 Å². The van der Waals surface area contributed by atoms with Crippen LogP contribution in [0, 0.1) is 0 Å². The predicted octanol–water partition coefficient (Wildman–Crippen LogP) is 4.11. The van der Waals surface area contributed by atoms with Gasteiger partial charge < -0.3 is 0 Å². The fourth-order valence-corrected chi connectivity index (χ4v) is 7.80. The van der Waals surface area contributed by atoms with Gasteiger partial charge in [0.05, 0.1) is 16.6 Å². The van der Waals surface area contributed by atoms with Crippen LogP contribution in [0.3, 0.4) is 0 Å². The minimum atomic E-state index is -3.94. The molecule has 1 amide bonds. The average Bonchev–Trinajstić information content (AvgIpc) is 3.40. The second-order valence-corrected chi connectivity index (χ2v) is 11.4. The number of aromatic nitrogens is 4. The second-order valence-electron chi connectivity index (χ2n) is 7.33. The summed E-state index contributed by atoms with van der Waals surface area (Å²) in [6.45, 7) is 0. The zero-order chi connectivity index (χ0) is 23.5.